The Morgan fingerprint density at radius 2 is 1.65 bits per heavy atom. The zero-order chi connectivity index (χ0) is 29.5. The van der Waals surface area contributed by atoms with E-state index < -0.39 is 42.1 Å². The molecule has 10 heteroatoms. The van der Waals surface area contributed by atoms with Gasteiger partial charge in [0.1, 0.15) is 12.1 Å². The second-order valence-electron chi connectivity index (χ2n) is 11.3. The summed E-state index contributed by atoms with van der Waals surface area (Å²) in [7, 11) is 1.29. The Kier molecular flexibility index (Phi) is 14.5. The predicted octanol–water partition coefficient (Wildman–Crippen LogP) is 2.83. The number of aliphatic hydroxyl groups excluding tert-OH is 1. The summed E-state index contributed by atoms with van der Waals surface area (Å²) < 4.78 is 4.93. The molecule has 4 amide bonds. The highest BCUT2D eigenvalue weighted by atomic mass is 16.5. The number of ether oxygens (including phenoxy) is 1. The highest BCUT2D eigenvalue weighted by Gasteiger charge is 2.30. The minimum atomic E-state index is -1.24. The van der Waals surface area contributed by atoms with Gasteiger partial charge in [0, 0.05) is 6.54 Å². The molecule has 0 aromatic heterocycles. The Morgan fingerprint density at radius 1 is 0.975 bits per heavy atom. The molecular weight excluding hydrogens is 512 g/mol. The highest BCUT2D eigenvalue weighted by Crippen LogP contribution is 2.27. The first-order valence-corrected chi connectivity index (χ1v) is 14.5. The molecule has 0 unspecified atom stereocenters. The van der Waals surface area contributed by atoms with E-state index >= 15 is 0 Å². The summed E-state index contributed by atoms with van der Waals surface area (Å²) in [5.74, 6) is -0.544. The van der Waals surface area contributed by atoms with Gasteiger partial charge in [-0.05, 0) is 43.6 Å². The van der Waals surface area contributed by atoms with E-state index in [0.717, 1.165) is 37.7 Å². The quantitative estimate of drug-likeness (QED) is 0.209. The lowest BCUT2D eigenvalue weighted by Crippen LogP contribution is -2.54. The van der Waals surface area contributed by atoms with Gasteiger partial charge in [-0.15, -0.1) is 0 Å². The van der Waals surface area contributed by atoms with Crippen LogP contribution in [0.25, 0.3) is 0 Å². The molecule has 10 nitrogen and oxygen atoms in total. The first-order chi connectivity index (χ1) is 19.1. The number of amides is 4. The van der Waals surface area contributed by atoms with Crippen molar-refractivity contribution in [1.29, 1.82) is 0 Å². The molecule has 4 atom stereocenters. The maximum Gasteiger partial charge on any atom is 0.328 e. The molecule has 40 heavy (non-hydrogen) atoms. The van der Waals surface area contributed by atoms with E-state index in [1.807, 2.05) is 30.3 Å². The second kappa shape index (κ2) is 17.5. The SMILES string of the molecule is COC(=O)[C@H](CC1CCCCC1)NC(=O)N[C@@H](Cc1ccccc1)[C@@H](O)CC(=O)N[C@@H](C)C(=O)NCCC(C)C. The van der Waals surface area contributed by atoms with Crippen molar-refractivity contribution < 1.29 is 29.0 Å². The van der Waals surface area contributed by atoms with Gasteiger partial charge < -0.3 is 31.1 Å². The van der Waals surface area contributed by atoms with Gasteiger partial charge in [-0.1, -0.05) is 76.3 Å². The Bertz CT molecular complexity index is 935. The number of urea groups is 1. The van der Waals surface area contributed by atoms with Crippen molar-refractivity contribution in [1.82, 2.24) is 21.3 Å². The lowest BCUT2D eigenvalue weighted by molar-refractivity contribution is -0.143. The van der Waals surface area contributed by atoms with Crippen LogP contribution in [-0.4, -0.2) is 66.8 Å². The molecule has 1 aliphatic rings. The fraction of sp³-hybridized carbons (Fsp3) is 0.667. The summed E-state index contributed by atoms with van der Waals surface area (Å²) in [5, 5.41) is 21.9. The van der Waals surface area contributed by atoms with Gasteiger partial charge in [0.25, 0.3) is 0 Å². The molecule has 5 N–H and O–H groups in total. The fourth-order valence-electron chi connectivity index (χ4n) is 4.97. The van der Waals surface area contributed by atoms with Crippen molar-refractivity contribution in [3.05, 3.63) is 35.9 Å². The van der Waals surface area contributed by atoms with Crippen LogP contribution in [0.4, 0.5) is 4.79 Å². The standard InChI is InChI=1S/C30H48N4O6/c1-20(2)15-16-31-28(37)21(3)32-27(36)19-26(35)24(17-22-11-7-5-8-12-22)33-30(39)34-25(29(38)40-4)18-23-13-9-6-10-14-23/h5,7-8,11-12,20-21,23-26,35H,6,9-10,13-19H2,1-4H3,(H,31,37)(H,32,36)(H2,33,34,39)/t21-,24-,25-,26-/m0/s1. The number of hydrogen-bond donors (Lipinski definition) is 5. The molecule has 1 aromatic rings. The average molecular weight is 561 g/mol. The van der Waals surface area contributed by atoms with Gasteiger partial charge in [-0.2, -0.15) is 0 Å². The number of nitrogens with one attached hydrogen (secondary N) is 4. The summed E-state index contributed by atoms with van der Waals surface area (Å²) in [4.78, 5) is 50.4. The minimum Gasteiger partial charge on any atom is -0.467 e. The van der Waals surface area contributed by atoms with Crippen LogP contribution < -0.4 is 21.3 Å². The summed E-state index contributed by atoms with van der Waals surface area (Å²) in [5.41, 5.74) is 0.858. The lowest BCUT2D eigenvalue weighted by atomic mass is 9.85. The van der Waals surface area contributed by atoms with Gasteiger partial charge in [0.15, 0.2) is 0 Å². The first-order valence-electron chi connectivity index (χ1n) is 14.5. The van der Waals surface area contributed by atoms with Crippen molar-refractivity contribution in [2.45, 2.75) is 103 Å². The van der Waals surface area contributed by atoms with Crippen molar-refractivity contribution >= 4 is 23.8 Å². The van der Waals surface area contributed by atoms with Crippen LogP contribution in [0.2, 0.25) is 0 Å². The van der Waals surface area contributed by atoms with Gasteiger partial charge in [-0.25, -0.2) is 9.59 Å². The molecule has 0 radical (unpaired) electrons. The van der Waals surface area contributed by atoms with Crippen LogP contribution in [0.3, 0.4) is 0 Å². The Labute approximate surface area is 238 Å². The zero-order valence-corrected chi connectivity index (χ0v) is 24.4. The summed E-state index contributed by atoms with van der Waals surface area (Å²) >= 11 is 0. The molecule has 0 spiro atoms. The normalized spacial score (nSPS) is 16.8. The topological polar surface area (TPSA) is 146 Å². The van der Waals surface area contributed by atoms with Crippen LogP contribution in [-0.2, 0) is 25.5 Å². The van der Waals surface area contributed by atoms with E-state index in [1.165, 1.54) is 13.5 Å². The highest BCUT2D eigenvalue weighted by molar-refractivity contribution is 5.87. The molecule has 0 heterocycles. The number of benzene rings is 1. The Balaban J connectivity index is 2.01. The third-order valence-corrected chi connectivity index (χ3v) is 7.35. The average Bonchev–Trinajstić information content (AvgIpc) is 2.92. The largest absolute Gasteiger partial charge is 0.467 e. The van der Waals surface area contributed by atoms with E-state index in [0.29, 0.717) is 24.8 Å². The number of aliphatic hydroxyl groups is 1. The van der Waals surface area contributed by atoms with Crippen molar-refractivity contribution in [3.63, 3.8) is 0 Å². The van der Waals surface area contributed by atoms with E-state index in [1.54, 1.807) is 6.92 Å². The maximum atomic E-state index is 13.0. The number of rotatable bonds is 15. The van der Waals surface area contributed by atoms with Crippen LogP contribution in [0.15, 0.2) is 30.3 Å². The number of esters is 1. The number of carbonyl (C=O) groups excluding carboxylic acids is 4. The molecule has 1 saturated carbocycles. The molecule has 1 fully saturated rings. The molecule has 1 aliphatic carbocycles. The van der Waals surface area contributed by atoms with E-state index in [4.69, 9.17) is 4.74 Å². The van der Waals surface area contributed by atoms with Gasteiger partial charge in [-0.3, -0.25) is 9.59 Å². The van der Waals surface area contributed by atoms with Crippen LogP contribution in [0.1, 0.15) is 77.7 Å². The molecule has 1 aromatic carbocycles. The predicted molar refractivity (Wildman–Crippen MR) is 153 cm³/mol. The van der Waals surface area contributed by atoms with Crippen molar-refractivity contribution in [3.8, 4) is 0 Å². The van der Waals surface area contributed by atoms with Gasteiger partial charge in [0.05, 0.1) is 25.7 Å². The second-order valence-corrected chi connectivity index (χ2v) is 11.3. The number of carbonyl (C=O) groups is 4. The molecule has 2 rings (SSSR count). The van der Waals surface area contributed by atoms with Crippen molar-refractivity contribution in [2.75, 3.05) is 13.7 Å². The molecular formula is C30H48N4O6. The lowest BCUT2D eigenvalue weighted by Gasteiger charge is -2.28. The van der Waals surface area contributed by atoms with E-state index in [2.05, 4.69) is 35.1 Å². The van der Waals surface area contributed by atoms with E-state index in [-0.39, 0.29) is 18.7 Å². The summed E-state index contributed by atoms with van der Waals surface area (Å²) in [6.07, 6.45) is 5.45. The molecule has 0 saturated heterocycles. The monoisotopic (exact) mass is 560 g/mol. The summed E-state index contributed by atoms with van der Waals surface area (Å²) in [6, 6.07) is 6.28. The number of methoxy groups -OCH3 is 1. The molecule has 0 aliphatic heterocycles. The van der Waals surface area contributed by atoms with Crippen molar-refractivity contribution in [2.24, 2.45) is 11.8 Å². The van der Waals surface area contributed by atoms with E-state index in [9.17, 15) is 24.3 Å². The smallest absolute Gasteiger partial charge is 0.328 e. The Hall–Kier alpha value is -3.14. The fourth-order valence-corrected chi connectivity index (χ4v) is 4.97. The minimum absolute atomic E-state index is 0.263. The molecule has 0 bridgehead atoms. The first kappa shape index (κ1) is 33.1. The van der Waals surface area contributed by atoms with Gasteiger partial charge >= 0.3 is 12.0 Å². The van der Waals surface area contributed by atoms with Crippen LogP contribution in [0.5, 0.6) is 0 Å². The number of hydrogen-bond acceptors (Lipinski definition) is 6. The maximum absolute atomic E-state index is 13.0. The third-order valence-electron chi connectivity index (χ3n) is 7.35. The zero-order valence-electron chi connectivity index (χ0n) is 24.4. The summed E-state index contributed by atoms with van der Waals surface area (Å²) in [6.45, 7) is 6.23. The Morgan fingerprint density at radius 3 is 2.27 bits per heavy atom. The van der Waals surface area contributed by atoms with Gasteiger partial charge in [0.2, 0.25) is 11.8 Å². The van der Waals surface area contributed by atoms with Crippen LogP contribution >= 0.6 is 0 Å². The van der Waals surface area contributed by atoms with Crippen LogP contribution in [0, 0.1) is 11.8 Å². The molecule has 224 valence electrons. The third kappa shape index (κ3) is 12.4.